The van der Waals surface area contributed by atoms with Gasteiger partial charge in [0.1, 0.15) is 23.0 Å². The maximum absolute atomic E-state index is 15.2. The van der Waals surface area contributed by atoms with E-state index >= 15 is 8.42 Å². The van der Waals surface area contributed by atoms with Gasteiger partial charge in [-0.2, -0.15) is 4.31 Å². The van der Waals surface area contributed by atoms with E-state index in [0.29, 0.717) is 47.6 Å². The van der Waals surface area contributed by atoms with Gasteiger partial charge in [0.05, 0.1) is 36.4 Å². The molecular weight excluding hydrogens is 859 g/mol. The van der Waals surface area contributed by atoms with Crippen LogP contribution in [-0.4, -0.2) is 84.7 Å². The molecule has 2 heterocycles. The molecule has 0 saturated heterocycles. The highest BCUT2D eigenvalue weighted by atomic mass is 32.2. The van der Waals surface area contributed by atoms with Crippen molar-refractivity contribution in [2.45, 2.75) is 79.1 Å². The zero-order chi connectivity index (χ0) is 45.2. The van der Waals surface area contributed by atoms with Crippen molar-refractivity contribution < 1.29 is 37.7 Å². The number of allylic oxidation sites excluding steroid dienone is 1. The average Bonchev–Trinajstić information content (AvgIpc) is 3.33. The van der Waals surface area contributed by atoms with Gasteiger partial charge in [-0.3, -0.25) is 4.98 Å². The third kappa shape index (κ3) is 10.1. The van der Waals surface area contributed by atoms with Gasteiger partial charge in [0.15, 0.2) is 0 Å². The third-order valence-electron chi connectivity index (χ3n) is 12.9. The molecule has 3 aliphatic rings. The maximum Gasteiger partial charge on any atom is 0.245 e. The number of aromatic nitrogens is 1. The van der Waals surface area contributed by atoms with Crippen LogP contribution in [-0.2, 0) is 26.2 Å². The van der Waals surface area contributed by atoms with E-state index in [0.717, 1.165) is 48.1 Å². The monoisotopic (exact) mass is 917 g/mol. The summed E-state index contributed by atoms with van der Waals surface area (Å²) < 4.78 is 52.7. The van der Waals surface area contributed by atoms with Gasteiger partial charge < -0.3 is 29.3 Å². The van der Waals surface area contributed by atoms with E-state index in [1.54, 1.807) is 49.3 Å². The number of aliphatic hydroxyl groups is 2. The van der Waals surface area contributed by atoms with E-state index in [9.17, 15) is 10.2 Å². The fraction of sp³-hybridized carbons (Fsp3) is 0.385. The zero-order valence-electron chi connectivity index (χ0n) is 36.9. The number of unbranched alkanes of at least 4 members (excludes halogenated alkanes) is 2. The molecule has 8 rings (SSSR count). The first-order valence-corrected chi connectivity index (χ1v) is 25.1. The predicted molar refractivity (Wildman–Crippen MR) is 256 cm³/mol. The van der Waals surface area contributed by atoms with Crippen molar-refractivity contribution in [3.05, 3.63) is 151 Å². The number of oxime groups is 1. The van der Waals surface area contributed by atoms with Crippen LogP contribution in [0.15, 0.2) is 155 Å². The van der Waals surface area contributed by atoms with Crippen molar-refractivity contribution in [1.82, 2.24) is 9.29 Å². The quantitative estimate of drug-likeness (QED) is 0.0299. The van der Waals surface area contributed by atoms with Gasteiger partial charge in [-0.25, -0.2) is 8.42 Å². The standard InChI is InChI=1S/C52H59N3O8S2/c1-3-30-61-52-48(55(2)65(58,59)47-24-14-19-38-20-15-27-53-51(38)47)35-45(54-62-36-37-16-6-4-7-17-37)43-33-39(18-10-12-28-56)42(23-11-13-29-57)49(50(43)52)44-34-40(25-26-46(44)63-52)60-31-32-64-41-21-8-5-9-22-41/h3-9,14-17,19-22,24-27,33-34,39,42,48-50,56-57H,1,10-13,18,23,28-32,35-36H2,2H3/t39-,42+,48-,49+,50+,52+/m0/s1. The molecule has 0 bridgehead atoms. The van der Waals surface area contributed by atoms with Crippen LogP contribution in [0.25, 0.3) is 10.9 Å². The predicted octanol–water partition coefficient (Wildman–Crippen LogP) is 9.56. The lowest BCUT2D eigenvalue weighted by Crippen LogP contribution is -2.69. The molecule has 13 heteroatoms. The van der Waals surface area contributed by atoms with Gasteiger partial charge in [0.25, 0.3) is 0 Å². The van der Waals surface area contributed by atoms with Crippen molar-refractivity contribution in [3.63, 3.8) is 0 Å². The number of rotatable bonds is 22. The zero-order valence-corrected chi connectivity index (χ0v) is 38.5. The van der Waals surface area contributed by atoms with Gasteiger partial charge >= 0.3 is 0 Å². The van der Waals surface area contributed by atoms with E-state index in [-0.39, 0.29) is 55.5 Å². The summed E-state index contributed by atoms with van der Waals surface area (Å²) in [5.74, 6) is -0.272. The maximum atomic E-state index is 15.2. The number of likely N-dealkylation sites (N-methyl/N-ethyl adjacent to an activating group) is 1. The lowest BCUT2D eigenvalue weighted by atomic mass is 9.55. The Hall–Kier alpha value is -5.02. The van der Waals surface area contributed by atoms with Crippen molar-refractivity contribution in [2.24, 2.45) is 22.9 Å². The molecule has 0 spiro atoms. The second-order valence-corrected chi connectivity index (χ2v) is 20.0. The number of pyridine rings is 1. The number of hydrogen-bond acceptors (Lipinski definition) is 11. The molecule has 4 aromatic carbocycles. The average molecular weight is 918 g/mol. The number of para-hydroxylation sites is 1. The number of sulfonamides is 1. The van der Waals surface area contributed by atoms with Crippen LogP contribution in [0.5, 0.6) is 11.5 Å². The first-order chi connectivity index (χ1) is 31.8. The highest BCUT2D eigenvalue weighted by molar-refractivity contribution is 7.99. The summed E-state index contributed by atoms with van der Waals surface area (Å²) in [6.07, 6.45) is 10.2. The molecule has 0 amide bonds. The van der Waals surface area contributed by atoms with Crippen LogP contribution in [0, 0.1) is 17.8 Å². The number of aliphatic hydroxyl groups excluding tert-OH is 2. The van der Waals surface area contributed by atoms with Gasteiger partial charge in [0, 0.05) is 60.4 Å². The molecule has 11 nitrogen and oxygen atoms in total. The largest absolute Gasteiger partial charge is 0.493 e. The lowest BCUT2D eigenvalue weighted by Gasteiger charge is -2.59. The third-order valence-corrected chi connectivity index (χ3v) is 15.8. The van der Waals surface area contributed by atoms with E-state index < -0.39 is 27.8 Å². The molecule has 342 valence electrons. The molecule has 5 aromatic rings. The minimum Gasteiger partial charge on any atom is -0.493 e. The van der Waals surface area contributed by atoms with Crippen LogP contribution >= 0.6 is 11.8 Å². The Morgan fingerprint density at radius 3 is 2.46 bits per heavy atom. The fourth-order valence-electron chi connectivity index (χ4n) is 9.99. The Morgan fingerprint density at radius 1 is 0.938 bits per heavy atom. The van der Waals surface area contributed by atoms with Crippen LogP contribution in [0.1, 0.15) is 62.0 Å². The normalized spacial score (nSPS) is 23.0. The summed E-state index contributed by atoms with van der Waals surface area (Å²) in [4.78, 5) is 12.0. The van der Waals surface area contributed by atoms with Crippen LogP contribution < -0.4 is 9.47 Å². The minimum atomic E-state index is -4.27. The van der Waals surface area contributed by atoms with E-state index in [4.69, 9.17) is 24.2 Å². The Labute approximate surface area is 387 Å². The van der Waals surface area contributed by atoms with E-state index in [1.807, 2.05) is 72.8 Å². The Morgan fingerprint density at radius 2 is 1.69 bits per heavy atom. The lowest BCUT2D eigenvalue weighted by molar-refractivity contribution is -0.250. The van der Waals surface area contributed by atoms with Crippen molar-refractivity contribution >= 4 is 38.4 Å². The second-order valence-electron chi connectivity index (χ2n) is 16.9. The molecule has 1 saturated carbocycles. The van der Waals surface area contributed by atoms with E-state index in [2.05, 4.69) is 35.8 Å². The Bertz CT molecular complexity index is 2550. The van der Waals surface area contributed by atoms with Gasteiger partial charge in [-0.1, -0.05) is 96.9 Å². The van der Waals surface area contributed by atoms with Crippen LogP contribution in [0.2, 0.25) is 0 Å². The van der Waals surface area contributed by atoms with Crippen LogP contribution in [0.3, 0.4) is 0 Å². The fourth-order valence-corrected chi connectivity index (χ4v) is 12.3. The first kappa shape index (κ1) is 46.5. The van der Waals surface area contributed by atoms with E-state index in [1.165, 1.54) is 9.20 Å². The number of hydrogen-bond donors (Lipinski definition) is 2. The van der Waals surface area contributed by atoms with Gasteiger partial charge in [-0.15, -0.1) is 18.3 Å². The molecule has 2 aliphatic carbocycles. The van der Waals surface area contributed by atoms with Crippen molar-refractivity contribution in [3.8, 4) is 11.5 Å². The topological polar surface area (TPSA) is 140 Å². The van der Waals surface area contributed by atoms with Gasteiger partial charge in [0.2, 0.25) is 15.8 Å². The molecule has 1 aromatic heterocycles. The summed E-state index contributed by atoms with van der Waals surface area (Å²) >= 11 is 1.73. The molecule has 2 N–H and O–H groups in total. The molecular formula is C52H59N3O8S2. The van der Waals surface area contributed by atoms with Crippen molar-refractivity contribution in [1.29, 1.82) is 0 Å². The highest BCUT2D eigenvalue weighted by Crippen LogP contribution is 2.62. The SMILES string of the molecule is C=CCO[C@@]12Oc3ccc(OCCSc4ccccc4)cc3[C@H]3[C@H](CCCCO)[C@@H](CCCCO)C=C(C(=NOCc4ccccc4)C[C@@H]1N(C)S(=O)(=O)c1cccc4cccnc14)[C@H]32. The molecule has 0 unspecified atom stereocenters. The first-order valence-electron chi connectivity index (χ1n) is 22.7. The second kappa shape index (κ2) is 21.5. The van der Waals surface area contributed by atoms with Crippen molar-refractivity contribution in [2.75, 3.05) is 39.2 Å². The summed E-state index contributed by atoms with van der Waals surface area (Å²) in [5, 5.41) is 25.6. The number of fused-ring (bicyclic) bond motifs is 3. The summed E-state index contributed by atoms with van der Waals surface area (Å²) in [6, 6.07) is 33.9. The smallest absolute Gasteiger partial charge is 0.245 e. The number of ether oxygens (including phenoxy) is 3. The van der Waals surface area contributed by atoms with Gasteiger partial charge in [-0.05, 0) is 91.1 Å². The molecule has 65 heavy (non-hydrogen) atoms. The summed E-state index contributed by atoms with van der Waals surface area (Å²) in [7, 11) is -2.67. The summed E-state index contributed by atoms with van der Waals surface area (Å²) in [5.41, 5.74) is 3.78. The highest BCUT2D eigenvalue weighted by Gasteiger charge is 2.65. The molecule has 1 fully saturated rings. The molecule has 1 aliphatic heterocycles. The number of thioether (sulfide) groups is 1. The Kier molecular flexibility index (Phi) is 15.4. The molecule has 6 atom stereocenters. The Balaban J connectivity index is 1.28. The number of benzene rings is 4. The number of nitrogens with zero attached hydrogens (tertiary/aromatic N) is 3. The van der Waals surface area contributed by atoms with Crippen LogP contribution in [0.4, 0.5) is 0 Å². The minimum absolute atomic E-state index is 0.0154. The molecule has 0 radical (unpaired) electrons. The summed E-state index contributed by atoms with van der Waals surface area (Å²) in [6.45, 7) is 4.98.